The lowest BCUT2D eigenvalue weighted by Crippen LogP contribution is -2.16. The standard InChI is InChI=1S/C19H14ClNO2/c20-13-8-9-16-15(11-13)19-14(7-4-10-23-19)17(21-16)18(22)12-5-2-1-3-6-12/h1-3,5-6,8-9,11H,4,7,10H2. The number of pyridine rings is 1. The van der Waals surface area contributed by atoms with E-state index in [4.69, 9.17) is 16.3 Å². The van der Waals surface area contributed by atoms with Gasteiger partial charge in [-0.25, -0.2) is 4.98 Å². The monoisotopic (exact) mass is 323 g/mol. The van der Waals surface area contributed by atoms with Crippen molar-refractivity contribution in [3.63, 3.8) is 0 Å². The van der Waals surface area contributed by atoms with Crippen LogP contribution in [0.25, 0.3) is 10.9 Å². The van der Waals surface area contributed by atoms with Gasteiger partial charge in [-0.05, 0) is 31.0 Å². The second-order valence-corrected chi connectivity index (χ2v) is 6.01. The summed E-state index contributed by atoms with van der Waals surface area (Å²) in [6, 6.07) is 14.7. The summed E-state index contributed by atoms with van der Waals surface area (Å²) in [5.74, 6) is 0.687. The zero-order valence-electron chi connectivity index (χ0n) is 12.4. The van der Waals surface area contributed by atoms with E-state index in [0.717, 1.165) is 35.1 Å². The fraction of sp³-hybridized carbons (Fsp3) is 0.158. The first-order valence-corrected chi connectivity index (χ1v) is 7.96. The molecule has 0 N–H and O–H groups in total. The van der Waals surface area contributed by atoms with Gasteiger partial charge in [-0.2, -0.15) is 0 Å². The Kier molecular flexibility index (Phi) is 3.50. The number of carbonyl (C=O) groups is 1. The summed E-state index contributed by atoms with van der Waals surface area (Å²) in [7, 11) is 0. The quantitative estimate of drug-likeness (QED) is 0.654. The molecule has 0 amide bonds. The van der Waals surface area contributed by atoms with Gasteiger partial charge in [-0.3, -0.25) is 4.79 Å². The summed E-state index contributed by atoms with van der Waals surface area (Å²) >= 11 is 6.11. The molecular weight excluding hydrogens is 310 g/mol. The van der Waals surface area contributed by atoms with Crippen LogP contribution in [-0.4, -0.2) is 17.4 Å². The van der Waals surface area contributed by atoms with Crippen molar-refractivity contribution in [3.05, 3.63) is 70.4 Å². The van der Waals surface area contributed by atoms with E-state index < -0.39 is 0 Å². The molecule has 4 heteroatoms. The number of carbonyl (C=O) groups excluding carboxylic acids is 1. The van der Waals surface area contributed by atoms with Crippen LogP contribution >= 0.6 is 11.6 Å². The topological polar surface area (TPSA) is 39.2 Å². The summed E-state index contributed by atoms with van der Waals surface area (Å²) in [4.78, 5) is 17.5. The maximum Gasteiger partial charge on any atom is 0.211 e. The van der Waals surface area contributed by atoms with Crippen LogP contribution in [0, 0.1) is 0 Å². The van der Waals surface area contributed by atoms with Gasteiger partial charge in [0.25, 0.3) is 0 Å². The number of ketones is 1. The average molecular weight is 324 g/mol. The molecule has 0 spiro atoms. The molecule has 0 bridgehead atoms. The van der Waals surface area contributed by atoms with Crippen LogP contribution in [0.2, 0.25) is 5.02 Å². The van der Waals surface area contributed by atoms with Gasteiger partial charge in [0, 0.05) is 21.5 Å². The Morgan fingerprint density at radius 3 is 2.78 bits per heavy atom. The minimum Gasteiger partial charge on any atom is -0.492 e. The molecule has 114 valence electrons. The van der Waals surface area contributed by atoms with E-state index in [2.05, 4.69) is 4.98 Å². The number of nitrogens with zero attached hydrogens (tertiary/aromatic N) is 1. The number of rotatable bonds is 2. The largest absolute Gasteiger partial charge is 0.492 e. The van der Waals surface area contributed by atoms with E-state index in [1.807, 2.05) is 42.5 Å². The third-order valence-corrected chi connectivity index (χ3v) is 4.30. The van der Waals surface area contributed by atoms with Crippen LogP contribution in [0.1, 0.15) is 28.0 Å². The molecule has 0 fully saturated rings. The summed E-state index contributed by atoms with van der Waals surface area (Å²) in [5.41, 5.74) is 2.75. The lowest BCUT2D eigenvalue weighted by Gasteiger charge is -2.21. The zero-order valence-corrected chi connectivity index (χ0v) is 13.1. The highest BCUT2D eigenvalue weighted by atomic mass is 35.5. The lowest BCUT2D eigenvalue weighted by atomic mass is 9.96. The first-order valence-electron chi connectivity index (χ1n) is 7.59. The van der Waals surface area contributed by atoms with Crippen molar-refractivity contribution < 1.29 is 9.53 Å². The summed E-state index contributed by atoms with van der Waals surface area (Å²) in [5, 5.41) is 1.51. The lowest BCUT2D eigenvalue weighted by molar-refractivity contribution is 0.103. The van der Waals surface area contributed by atoms with Gasteiger partial charge in [0.15, 0.2) is 0 Å². The highest BCUT2D eigenvalue weighted by molar-refractivity contribution is 6.31. The van der Waals surface area contributed by atoms with Gasteiger partial charge in [0.05, 0.1) is 12.1 Å². The van der Waals surface area contributed by atoms with Crippen LogP contribution in [0.4, 0.5) is 0 Å². The number of ether oxygens (including phenoxy) is 1. The predicted octanol–water partition coefficient (Wildman–Crippen LogP) is 4.44. The van der Waals surface area contributed by atoms with Crippen molar-refractivity contribution in [2.45, 2.75) is 12.8 Å². The molecule has 0 saturated heterocycles. The molecule has 3 nitrogen and oxygen atoms in total. The van der Waals surface area contributed by atoms with Gasteiger partial charge < -0.3 is 4.74 Å². The van der Waals surface area contributed by atoms with Crippen LogP contribution < -0.4 is 4.74 Å². The predicted molar refractivity (Wildman–Crippen MR) is 90.4 cm³/mol. The van der Waals surface area contributed by atoms with Crippen LogP contribution in [-0.2, 0) is 6.42 Å². The van der Waals surface area contributed by atoms with E-state index in [-0.39, 0.29) is 5.78 Å². The number of aromatic nitrogens is 1. The molecule has 1 aliphatic rings. The van der Waals surface area contributed by atoms with Crippen molar-refractivity contribution in [3.8, 4) is 5.75 Å². The SMILES string of the molecule is O=C(c1ccccc1)c1nc2ccc(Cl)cc2c2c1CCCO2. The Morgan fingerprint density at radius 2 is 1.96 bits per heavy atom. The van der Waals surface area contributed by atoms with E-state index in [1.165, 1.54) is 0 Å². The normalized spacial score (nSPS) is 13.4. The molecule has 1 aromatic heterocycles. The molecule has 0 aliphatic carbocycles. The number of hydrogen-bond donors (Lipinski definition) is 0. The Labute approximate surface area is 138 Å². The minimum absolute atomic E-state index is 0.0656. The summed E-state index contributed by atoms with van der Waals surface area (Å²) in [6.07, 6.45) is 1.68. The maximum absolute atomic E-state index is 12.9. The minimum atomic E-state index is -0.0656. The second-order valence-electron chi connectivity index (χ2n) is 5.58. The van der Waals surface area contributed by atoms with Crippen molar-refractivity contribution in [1.82, 2.24) is 4.98 Å². The highest BCUT2D eigenvalue weighted by Gasteiger charge is 2.24. The number of halogens is 1. The Morgan fingerprint density at radius 1 is 1.13 bits per heavy atom. The van der Waals surface area contributed by atoms with Gasteiger partial charge in [-0.15, -0.1) is 0 Å². The van der Waals surface area contributed by atoms with E-state index in [1.54, 1.807) is 6.07 Å². The van der Waals surface area contributed by atoms with E-state index >= 15 is 0 Å². The van der Waals surface area contributed by atoms with Gasteiger partial charge in [0.2, 0.25) is 5.78 Å². The third kappa shape index (κ3) is 2.47. The number of hydrogen-bond acceptors (Lipinski definition) is 3. The molecule has 0 radical (unpaired) electrons. The molecule has 1 aliphatic heterocycles. The Balaban J connectivity index is 1.97. The van der Waals surface area contributed by atoms with Crippen molar-refractivity contribution in [2.24, 2.45) is 0 Å². The number of benzene rings is 2. The number of fused-ring (bicyclic) bond motifs is 3. The Bertz CT molecular complexity index is 906. The molecule has 2 heterocycles. The molecule has 0 atom stereocenters. The molecule has 3 aromatic rings. The van der Waals surface area contributed by atoms with Gasteiger partial charge in [-0.1, -0.05) is 41.9 Å². The van der Waals surface area contributed by atoms with E-state index in [9.17, 15) is 4.79 Å². The van der Waals surface area contributed by atoms with Crippen LogP contribution in [0.5, 0.6) is 5.75 Å². The maximum atomic E-state index is 12.9. The molecule has 4 rings (SSSR count). The summed E-state index contributed by atoms with van der Waals surface area (Å²) < 4.78 is 5.87. The molecular formula is C19H14ClNO2. The molecule has 2 aromatic carbocycles. The van der Waals surface area contributed by atoms with Crippen molar-refractivity contribution >= 4 is 28.3 Å². The molecule has 23 heavy (non-hydrogen) atoms. The average Bonchev–Trinajstić information content (AvgIpc) is 2.61. The first kappa shape index (κ1) is 14.2. The summed E-state index contributed by atoms with van der Waals surface area (Å²) in [6.45, 7) is 0.650. The fourth-order valence-corrected chi connectivity index (χ4v) is 3.15. The van der Waals surface area contributed by atoms with Crippen LogP contribution in [0.3, 0.4) is 0 Å². The first-order chi connectivity index (χ1) is 11.2. The van der Waals surface area contributed by atoms with Crippen LogP contribution in [0.15, 0.2) is 48.5 Å². The molecule has 0 unspecified atom stereocenters. The van der Waals surface area contributed by atoms with Gasteiger partial charge >= 0.3 is 0 Å². The highest BCUT2D eigenvalue weighted by Crippen LogP contribution is 2.36. The Hall–Kier alpha value is -2.39. The zero-order chi connectivity index (χ0) is 15.8. The van der Waals surface area contributed by atoms with Gasteiger partial charge in [0.1, 0.15) is 11.4 Å². The fourth-order valence-electron chi connectivity index (χ4n) is 2.98. The van der Waals surface area contributed by atoms with Crippen molar-refractivity contribution in [2.75, 3.05) is 6.61 Å². The second kappa shape index (κ2) is 5.67. The third-order valence-electron chi connectivity index (χ3n) is 4.06. The smallest absolute Gasteiger partial charge is 0.211 e. The molecule has 0 saturated carbocycles. The van der Waals surface area contributed by atoms with E-state index in [0.29, 0.717) is 22.9 Å². The van der Waals surface area contributed by atoms with Crippen molar-refractivity contribution in [1.29, 1.82) is 0 Å².